The molecule has 1 aromatic carbocycles. The van der Waals surface area contributed by atoms with Crippen molar-refractivity contribution < 1.29 is 14.3 Å². The van der Waals surface area contributed by atoms with E-state index in [0.717, 1.165) is 0 Å². The molecule has 1 rings (SSSR count). The monoisotopic (exact) mass is 252 g/mol. The average Bonchev–Trinajstić information content (AvgIpc) is 2.28. The predicted molar refractivity (Wildman–Crippen MR) is 74.9 cm³/mol. The first-order chi connectivity index (χ1) is 7.63. The molecule has 0 heterocycles. The molecule has 1 aromatic rings. The Bertz CT molecular complexity index is 357. The van der Waals surface area contributed by atoms with Crippen LogP contribution in [0.4, 0.5) is 0 Å². The molecule has 1 atom stereocenters. The summed E-state index contributed by atoms with van der Waals surface area (Å²) in [6.45, 7) is 1.50. The van der Waals surface area contributed by atoms with E-state index in [9.17, 15) is 9.59 Å². The summed E-state index contributed by atoms with van der Waals surface area (Å²) in [7, 11) is 1.52. The maximum atomic E-state index is 11.8. The Morgan fingerprint density at radius 1 is 1.11 bits per heavy atom. The van der Waals surface area contributed by atoms with Gasteiger partial charge in [0.25, 0.3) is 0 Å². The Hall–Kier alpha value is -1.48. The van der Waals surface area contributed by atoms with Crippen molar-refractivity contribution in [2.45, 2.75) is 40.7 Å². The highest BCUT2D eigenvalue weighted by Crippen LogP contribution is 2.10. The van der Waals surface area contributed by atoms with E-state index < -0.39 is 0 Å². The van der Waals surface area contributed by atoms with Crippen LogP contribution in [0.1, 0.15) is 45.0 Å². The number of rotatable bonds is 6. The van der Waals surface area contributed by atoms with Crippen LogP contribution < -0.4 is 0 Å². The highest BCUT2D eigenvalue weighted by Gasteiger charge is 2.16. The first-order valence-electron chi connectivity index (χ1n) is 5.24. The van der Waals surface area contributed by atoms with E-state index in [4.69, 9.17) is 4.74 Å². The minimum Gasteiger partial charge on any atom is -0.381 e. The van der Waals surface area contributed by atoms with Crippen LogP contribution in [0.25, 0.3) is 0 Å². The third kappa shape index (κ3) is 6.30. The summed E-state index contributed by atoms with van der Waals surface area (Å²) >= 11 is 0. The summed E-state index contributed by atoms with van der Waals surface area (Å²) in [5.41, 5.74) is 0.660. The van der Waals surface area contributed by atoms with Crippen molar-refractivity contribution in [1.29, 1.82) is 0 Å². The molecule has 3 nitrogen and oxygen atoms in total. The molecule has 0 amide bonds. The Kier molecular flexibility index (Phi) is 10.0. The van der Waals surface area contributed by atoms with E-state index in [-0.39, 0.29) is 45.4 Å². The van der Waals surface area contributed by atoms with Gasteiger partial charge in [-0.25, -0.2) is 0 Å². The Morgan fingerprint density at radius 2 is 1.67 bits per heavy atom. The molecule has 0 bridgehead atoms. The number of methoxy groups -OCH3 is 1. The summed E-state index contributed by atoms with van der Waals surface area (Å²) in [6.07, 6.45) is 0.222. The van der Waals surface area contributed by atoms with Crippen molar-refractivity contribution in [1.82, 2.24) is 0 Å². The van der Waals surface area contributed by atoms with Gasteiger partial charge in [0.05, 0.1) is 6.10 Å². The molecular weight excluding hydrogens is 228 g/mol. The SMILES string of the molecule is C.C.COC(CC(C)=O)CC(=O)c1ccccc1. The number of carbonyl (C=O) groups is 2. The molecule has 0 aliphatic rings. The molecule has 18 heavy (non-hydrogen) atoms. The molecule has 0 radical (unpaired) electrons. The van der Waals surface area contributed by atoms with Crippen molar-refractivity contribution in [3.8, 4) is 0 Å². The lowest BCUT2D eigenvalue weighted by atomic mass is 10.0. The van der Waals surface area contributed by atoms with Gasteiger partial charge in [0, 0.05) is 25.5 Å². The second-order valence-corrected chi connectivity index (χ2v) is 3.76. The van der Waals surface area contributed by atoms with Gasteiger partial charge in [-0.05, 0) is 6.92 Å². The molecule has 0 aliphatic carbocycles. The highest BCUT2D eigenvalue weighted by atomic mass is 16.5. The molecule has 102 valence electrons. The number of hydrogen-bond donors (Lipinski definition) is 0. The quantitative estimate of drug-likeness (QED) is 0.727. The molecule has 3 heteroatoms. The second-order valence-electron chi connectivity index (χ2n) is 3.76. The molecule has 0 fully saturated rings. The predicted octanol–water partition coefficient (Wildman–Crippen LogP) is 3.53. The number of ether oxygens (including phenoxy) is 1. The van der Waals surface area contributed by atoms with Gasteiger partial charge in [-0.3, -0.25) is 9.59 Å². The van der Waals surface area contributed by atoms with Crippen LogP contribution in [0, 0.1) is 0 Å². The fourth-order valence-electron chi connectivity index (χ4n) is 1.51. The van der Waals surface area contributed by atoms with Gasteiger partial charge in [-0.1, -0.05) is 45.2 Å². The Labute approximate surface area is 110 Å². The minimum absolute atomic E-state index is 0. The lowest BCUT2D eigenvalue weighted by molar-refractivity contribution is -0.119. The zero-order valence-corrected chi connectivity index (χ0v) is 9.60. The van der Waals surface area contributed by atoms with Gasteiger partial charge in [-0.15, -0.1) is 0 Å². The van der Waals surface area contributed by atoms with Crippen LogP contribution >= 0.6 is 0 Å². The van der Waals surface area contributed by atoms with Crippen molar-refractivity contribution in [2.75, 3.05) is 7.11 Å². The van der Waals surface area contributed by atoms with Crippen LogP contribution in [-0.4, -0.2) is 24.8 Å². The van der Waals surface area contributed by atoms with Crippen molar-refractivity contribution in [2.24, 2.45) is 0 Å². The van der Waals surface area contributed by atoms with Crippen LogP contribution in [0.2, 0.25) is 0 Å². The maximum absolute atomic E-state index is 11.8. The normalized spacial score (nSPS) is 10.8. The van der Waals surface area contributed by atoms with Gasteiger partial charge < -0.3 is 4.74 Å². The van der Waals surface area contributed by atoms with Gasteiger partial charge >= 0.3 is 0 Å². The van der Waals surface area contributed by atoms with E-state index >= 15 is 0 Å². The number of Topliss-reactive ketones (excluding diaryl/α,β-unsaturated/α-hetero) is 2. The van der Waals surface area contributed by atoms with Gasteiger partial charge in [-0.2, -0.15) is 0 Å². The summed E-state index contributed by atoms with van der Waals surface area (Å²) in [5, 5.41) is 0. The van der Waals surface area contributed by atoms with Gasteiger partial charge in [0.1, 0.15) is 5.78 Å². The van der Waals surface area contributed by atoms with Crippen LogP contribution in [-0.2, 0) is 9.53 Å². The fraction of sp³-hybridized carbons (Fsp3) is 0.467. The first kappa shape index (κ1) is 18.9. The van der Waals surface area contributed by atoms with E-state index in [2.05, 4.69) is 0 Å². The molecule has 0 saturated carbocycles. The van der Waals surface area contributed by atoms with Crippen molar-refractivity contribution >= 4 is 11.6 Å². The molecule has 1 unspecified atom stereocenters. The molecule has 0 spiro atoms. The third-order valence-electron chi connectivity index (χ3n) is 2.36. The molecule has 0 N–H and O–H groups in total. The number of benzene rings is 1. The molecule has 0 aliphatic heterocycles. The lowest BCUT2D eigenvalue weighted by Crippen LogP contribution is -2.19. The molecule has 0 saturated heterocycles. The van der Waals surface area contributed by atoms with E-state index in [1.807, 2.05) is 18.2 Å². The van der Waals surface area contributed by atoms with Crippen LogP contribution in [0.15, 0.2) is 30.3 Å². The van der Waals surface area contributed by atoms with E-state index in [0.29, 0.717) is 5.56 Å². The van der Waals surface area contributed by atoms with E-state index in [1.165, 1.54) is 14.0 Å². The number of ketones is 2. The maximum Gasteiger partial charge on any atom is 0.165 e. The summed E-state index contributed by atoms with van der Waals surface area (Å²) in [5.74, 6) is 0.0430. The second kappa shape index (κ2) is 9.54. The van der Waals surface area contributed by atoms with Gasteiger partial charge in [0.2, 0.25) is 0 Å². The van der Waals surface area contributed by atoms with Crippen LogP contribution in [0.3, 0.4) is 0 Å². The highest BCUT2D eigenvalue weighted by molar-refractivity contribution is 5.96. The summed E-state index contributed by atoms with van der Waals surface area (Å²) in [6, 6.07) is 9.03. The molecule has 0 aromatic heterocycles. The number of carbonyl (C=O) groups excluding carboxylic acids is 2. The Morgan fingerprint density at radius 3 is 2.11 bits per heavy atom. The standard InChI is InChI=1S/C13H16O3.2CH4/c1-10(14)8-12(16-2)9-13(15)11-6-4-3-5-7-11;;/h3-7,12H,8-9H2,1-2H3;2*1H4. The van der Waals surface area contributed by atoms with Crippen LogP contribution in [0.5, 0.6) is 0 Å². The zero-order valence-electron chi connectivity index (χ0n) is 9.60. The first-order valence-corrected chi connectivity index (χ1v) is 5.24. The molecular formula is C15H24O3. The zero-order chi connectivity index (χ0) is 12.0. The van der Waals surface area contributed by atoms with Crippen molar-refractivity contribution in [3.63, 3.8) is 0 Å². The topological polar surface area (TPSA) is 43.4 Å². The van der Waals surface area contributed by atoms with Gasteiger partial charge in [0.15, 0.2) is 5.78 Å². The summed E-state index contributed by atoms with van der Waals surface area (Å²) in [4.78, 5) is 22.7. The smallest absolute Gasteiger partial charge is 0.165 e. The minimum atomic E-state index is -0.315. The Balaban J connectivity index is 0. The number of hydrogen-bond acceptors (Lipinski definition) is 3. The average molecular weight is 252 g/mol. The fourth-order valence-corrected chi connectivity index (χ4v) is 1.51. The lowest BCUT2D eigenvalue weighted by Gasteiger charge is -2.12. The summed E-state index contributed by atoms with van der Waals surface area (Å²) < 4.78 is 5.11. The third-order valence-corrected chi connectivity index (χ3v) is 2.36. The van der Waals surface area contributed by atoms with Crippen molar-refractivity contribution in [3.05, 3.63) is 35.9 Å². The largest absolute Gasteiger partial charge is 0.381 e. The van der Waals surface area contributed by atoms with E-state index in [1.54, 1.807) is 12.1 Å².